The Morgan fingerprint density at radius 3 is 2.34 bits per heavy atom. The van der Waals surface area contributed by atoms with Crippen LogP contribution in [0, 0.1) is 23.7 Å². The quantitative estimate of drug-likeness (QED) is 0.246. The van der Waals surface area contributed by atoms with Gasteiger partial charge in [0, 0.05) is 22.4 Å². The van der Waals surface area contributed by atoms with E-state index in [1.165, 1.54) is 59.4 Å². The Bertz CT molecular complexity index is 1620. The zero-order valence-electron chi connectivity index (χ0n) is 24.7. The number of fused-ring (bicyclic) bond motifs is 8. The summed E-state index contributed by atoms with van der Waals surface area (Å²) in [6.45, 7) is 11.3. The molecule has 4 aromatic carbocycles. The van der Waals surface area contributed by atoms with Crippen molar-refractivity contribution in [3.05, 3.63) is 126 Å². The first-order chi connectivity index (χ1) is 20.1. The number of hydrogen-bond acceptors (Lipinski definition) is 1. The molecule has 2 fully saturated rings. The predicted octanol–water partition coefficient (Wildman–Crippen LogP) is 11.2. The molecular formula is C40H41N. The first-order valence-electron chi connectivity index (χ1n) is 15.5. The second kappa shape index (κ2) is 10.2. The molecule has 0 radical (unpaired) electrons. The number of allylic oxidation sites excluding steroid dienone is 1. The van der Waals surface area contributed by atoms with Crippen molar-refractivity contribution >= 4 is 29.2 Å². The minimum absolute atomic E-state index is 0.0740. The monoisotopic (exact) mass is 535 g/mol. The summed E-state index contributed by atoms with van der Waals surface area (Å²) >= 11 is 0. The molecule has 206 valence electrons. The van der Waals surface area contributed by atoms with Gasteiger partial charge in [0.05, 0.1) is 5.69 Å². The van der Waals surface area contributed by atoms with Crippen LogP contribution in [0.1, 0.15) is 68.7 Å². The lowest BCUT2D eigenvalue weighted by Crippen LogP contribution is -2.49. The van der Waals surface area contributed by atoms with Crippen molar-refractivity contribution in [2.24, 2.45) is 23.7 Å². The van der Waals surface area contributed by atoms with Gasteiger partial charge in [0.2, 0.25) is 0 Å². The highest BCUT2D eigenvalue weighted by atomic mass is 15.1. The predicted molar refractivity (Wildman–Crippen MR) is 176 cm³/mol. The smallest absolute Gasteiger partial charge is 0.0539 e. The summed E-state index contributed by atoms with van der Waals surface area (Å²) in [4.78, 5) is 2.46. The maximum atomic E-state index is 4.14. The van der Waals surface area contributed by atoms with Crippen LogP contribution in [0.4, 0.5) is 17.1 Å². The fourth-order valence-corrected chi connectivity index (χ4v) is 9.14. The molecule has 5 unspecified atom stereocenters. The molecule has 0 aliphatic heterocycles. The SMILES string of the molecule is C=Cc1cccc(N(c2ccccc2)c2ccc3c(c2)C2(c4ccccc4-3)C(C)CC3CC(C)CC2C3)c1/C=C\C. The molecule has 7 rings (SSSR count). The number of nitrogens with zero attached hydrogens (tertiary/aromatic N) is 1. The second-order valence-corrected chi connectivity index (χ2v) is 12.8. The summed E-state index contributed by atoms with van der Waals surface area (Å²) in [6.07, 6.45) is 11.7. The zero-order valence-corrected chi connectivity index (χ0v) is 24.7. The van der Waals surface area contributed by atoms with E-state index in [4.69, 9.17) is 0 Å². The van der Waals surface area contributed by atoms with Crippen molar-refractivity contribution in [3.63, 3.8) is 0 Å². The molecule has 4 aromatic rings. The van der Waals surface area contributed by atoms with Crippen molar-refractivity contribution in [1.82, 2.24) is 0 Å². The van der Waals surface area contributed by atoms with Gasteiger partial charge in [0.25, 0.3) is 0 Å². The van der Waals surface area contributed by atoms with E-state index in [1.807, 2.05) is 6.08 Å². The first kappa shape index (κ1) is 26.1. The molecule has 3 aliphatic rings. The molecule has 1 nitrogen and oxygen atoms in total. The van der Waals surface area contributed by atoms with Crippen LogP contribution in [0.2, 0.25) is 0 Å². The molecule has 5 atom stereocenters. The summed E-state index contributed by atoms with van der Waals surface area (Å²) in [5.41, 5.74) is 12.0. The number of para-hydroxylation sites is 1. The van der Waals surface area contributed by atoms with E-state index in [0.717, 1.165) is 17.4 Å². The third-order valence-electron chi connectivity index (χ3n) is 10.4. The van der Waals surface area contributed by atoms with Gasteiger partial charge >= 0.3 is 0 Å². The van der Waals surface area contributed by atoms with Crippen LogP contribution in [0.15, 0.2) is 104 Å². The topological polar surface area (TPSA) is 3.24 Å². The second-order valence-electron chi connectivity index (χ2n) is 12.8. The molecule has 3 aliphatic carbocycles. The van der Waals surface area contributed by atoms with E-state index in [2.05, 4.69) is 135 Å². The van der Waals surface area contributed by atoms with E-state index in [9.17, 15) is 0 Å². The van der Waals surface area contributed by atoms with Crippen molar-refractivity contribution in [1.29, 1.82) is 0 Å². The molecule has 2 bridgehead atoms. The number of rotatable bonds is 5. The van der Waals surface area contributed by atoms with Crippen LogP contribution in [0.25, 0.3) is 23.3 Å². The fraction of sp³-hybridized carbons (Fsp3) is 0.300. The molecule has 2 saturated carbocycles. The van der Waals surface area contributed by atoms with E-state index in [1.54, 1.807) is 11.1 Å². The van der Waals surface area contributed by atoms with E-state index >= 15 is 0 Å². The standard InChI is InChI=1S/C40H41N/c1-5-13-34-30(6-2)14-12-19-39(34)41(32-15-8-7-9-16-32)33-20-21-36-35-17-10-11-18-37(35)40(38(36)26-33)28(4)24-29-22-27(3)23-31(40)25-29/h5-21,26-29,31H,2,22-25H2,1,3-4H3/b13-5-. The minimum Gasteiger partial charge on any atom is -0.310 e. The van der Waals surface area contributed by atoms with Gasteiger partial charge in [-0.25, -0.2) is 0 Å². The molecule has 0 N–H and O–H groups in total. The molecular weight excluding hydrogens is 494 g/mol. The van der Waals surface area contributed by atoms with Gasteiger partial charge in [-0.05, 0) is 114 Å². The zero-order chi connectivity index (χ0) is 28.1. The average Bonchev–Trinajstić information content (AvgIpc) is 3.28. The van der Waals surface area contributed by atoms with Crippen LogP contribution < -0.4 is 4.90 Å². The number of benzene rings is 4. The van der Waals surface area contributed by atoms with Crippen molar-refractivity contribution in [2.75, 3.05) is 4.90 Å². The number of hydrogen-bond donors (Lipinski definition) is 0. The molecule has 0 saturated heterocycles. The van der Waals surface area contributed by atoms with Crippen molar-refractivity contribution in [3.8, 4) is 11.1 Å². The Morgan fingerprint density at radius 1 is 0.756 bits per heavy atom. The van der Waals surface area contributed by atoms with Crippen LogP contribution in [0.5, 0.6) is 0 Å². The normalized spacial score (nSPS) is 26.1. The molecule has 41 heavy (non-hydrogen) atoms. The van der Waals surface area contributed by atoms with Crippen LogP contribution in [-0.4, -0.2) is 0 Å². The highest BCUT2D eigenvalue weighted by Gasteiger charge is 2.56. The molecule has 0 aromatic heterocycles. The number of anilines is 3. The lowest BCUT2D eigenvalue weighted by atomic mass is 9.49. The first-order valence-corrected chi connectivity index (χ1v) is 15.5. The average molecular weight is 536 g/mol. The summed E-state index contributed by atoms with van der Waals surface area (Å²) in [7, 11) is 0. The van der Waals surface area contributed by atoms with Crippen molar-refractivity contribution < 1.29 is 0 Å². The largest absolute Gasteiger partial charge is 0.310 e. The van der Waals surface area contributed by atoms with E-state index < -0.39 is 0 Å². The van der Waals surface area contributed by atoms with Gasteiger partial charge in [-0.15, -0.1) is 0 Å². The highest BCUT2D eigenvalue weighted by molar-refractivity contribution is 5.89. The van der Waals surface area contributed by atoms with Crippen LogP contribution in [-0.2, 0) is 5.41 Å². The van der Waals surface area contributed by atoms with Crippen LogP contribution in [0.3, 0.4) is 0 Å². The Kier molecular flexibility index (Phi) is 6.50. The Labute approximate surface area is 246 Å². The Balaban J connectivity index is 1.48. The third kappa shape index (κ3) is 3.96. The molecule has 0 heterocycles. The molecule has 1 heteroatoms. The van der Waals surface area contributed by atoms with Gasteiger partial charge in [-0.3, -0.25) is 0 Å². The molecule has 1 spiro atoms. The van der Waals surface area contributed by atoms with Gasteiger partial charge in [0.15, 0.2) is 0 Å². The Hall–Kier alpha value is -3.84. The lowest BCUT2D eigenvalue weighted by Gasteiger charge is -2.54. The third-order valence-corrected chi connectivity index (χ3v) is 10.4. The van der Waals surface area contributed by atoms with Gasteiger partial charge in [0.1, 0.15) is 0 Å². The summed E-state index contributed by atoms with van der Waals surface area (Å²) < 4.78 is 0. The highest BCUT2D eigenvalue weighted by Crippen LogP contribution is 2.65. The van der Waals surface area contributed by atoms with Gasteiger partial charge < -0.3 is 4.90 Å². The summed E-state index contributed by atoms with van der Waals surface area (Å²) in [5, 5.41) is 0. The Morgan fingerprint density at radius 2 is 1.54 bits per heavy atom. The van der Waals surface area contributed by atoms with Gasteiger partial charge in [-0.2, -0.15) is 0 Å². The van der Waals surface area contributed by atoms with Gasteiger partial charge in [-0.1, -0.05) is 99.3 Å². The maximum absolute atomic E-state index is 4.14. The lowest BCUT2D eigenvalue weighted by molar-refractivity contribution is 0.0426. The summed E-state index contributed by atoms with van der Waals surface area (Å²) in [6, 6.07) is 34.1. The maximum Gasteiger partial charge on any atom is 0.0539 e. The van der Waals surface area contributed by atoms with E-state index in [-0.39, 0.29) is 5.41 Å². The van der Waals surface area contributed by atoms with Crippen molar-refractivity contribution in [2.45, 2.75) is 51.9 Å². The summed E-state index contributed by atoms with van der Waals surface area (Å²) in [5.74, 6) is 2.97. The van der Waals surface area contributed by atoms with Crippen LogP contribution >= 0.6 is 0 Å². The van der Waals surface area contributed by atoms with E-state index in [0.29, 0.717) is 11.8 Å². The fourth-order valence-electron chi connectivity index (χ4n) is 9.14. The minimum atomic E-state index is 0.0740. The molecule has 0 amide bonds.